The molecule has 1 atom stereocenters. The first kappa shape index (κ1) is 14.2. The highest BCUT2D eigenvalue weighted by molar-refractivity contribution is 5.15. The van der Waals surface area contributed by atoms with E-state index in [-0.39, 0.29) is 6.04 Å². The topological polar surface area (TPSA) is 55.9 Å². The van der Waals surface area contributed by atoms with Crippen molar-refractivity contribution in [1.29, 1.82) is 0 Å². The van der Waals surface area contributed by atoms with Gasteiger partial charge in [0.2, 0.25) is 0 Å². The van der Waals surface area contributed by atoms with Crippen molar-refractivity contribution in [1.82, 2.24) is 15.2 Å². The minimum Gasteiger partial charge on any atom is -0.271 e. The van der Waals surface area contributed by atoms with E-state index in [1.807, 2.05) is 0 Å². The molecule has 0 amide bonds. The number of nitrogens with two attached hydrogens (primary N) is 1. The van der Waals surface area contributed by atoms with Gasteiger partial charge in [0.05, 0.1) is 17.4 Å². The van der Waals surface area contributed by atoms with E-state index >= 15 is 0 Å². The molecule has 1 aromatic rings. The van der Waals surface area contributed by atoms with Crippen LogP contribution in [-0.2, 0) is 13.0 Å². The lowest BCUT2D eigenvalue weighted by molar-refractivity contribution is 0.327. The molecule has 0 spiro atoms. The number of aryl methyl sites for hydroxylation is 2. The molecule has 0 aliphatic heterocycles. The zero-order valence-electron chi connectivity index (χ0n) is 11.5. The number of hydrogen-bond donors (Lipinski definition) is 2. The Hall–Kier alpha value is -0.870. The van der Waals surface area contributed by atoms with Crippen LogP contribution in [0.2, 0.25) is 0 Å². The van der Waals surface area contributed by atoms with Crippen LogP contribution in [0.15, 0.2) is 6.07 Å². The van der Waals surface area contributed by atoms with Crippen LogP contribution in [-0.4, -0.2) is 9.78 Å². The second-order valence-corrected chi connectivity index (χ2v) is 4.45. The Kier molecular flexibility index (Phi) is 5.65. The summed E-state index contributed by atoms with van der Waals surface area (Å²) in [5, 5.41) is 4.59. The third-order valence-corrected chi connectivity index (χ3v) is 3.54. The van der Waals surface area contributed by atoms with Crippen molar-refractivity contribution in [3.8, 4) is 0 Å². The zero-order chi connectivity index (χ0) is 12.8. The van der Waals surface area contributed by atoms with Gasteiger partial charge in [0.1, 0.15) is 0 Å². The van der Waals surface area contributed by atoms with Gasteiger partial charge in [0.15, 0.2) is 0 Å². The summed E-state index contributed by atoms with van der Waals surface area (Å²) in [6, 6.07) is 2.39. The third kappa shape index (κ3) is 3.07. The van der Waals surface area contributed by atoms with Crippen molar-refractivity contribution in [2.24, 2.45) is 11.8 Å². The molecule has 0 bridgehead atoms. The van der Waals surface area contributed by atoms with Gasteiger partial charge in [-0.15, -0.1) is 0 Å². The predicted molar refractivity (Wildman–Crippen MR) is 71.4 cm³/mol. The Morgan fingerprint density at radius 1 is 1.29 bits per heavy atom. The van der Waals surface area contributed by atoms with Crippen LogP contribution < -0.4 is 11.3 Å². The molecule has 1 heterocycles. The SMILES string of the molecule is CCc1cc(C(NN)C(CC)CC)n(CC)n1. The van der Waals surface area contributed by atoms with E-state index in [1.165, 1.54) is 5.69 Å². The van der Waals surface area contributed by atoms with E-state index in [0.29, 0.717) is 5.92 Å². The molecule has 4 heteroatoms. The summed E-state index contributed by atoms with van der Waals surface area (Å²) in [5.41, 5.74) is 5.34. The maximum atomic E-state index is 5.74. The lowest BCUT2D eigenvalue weighted by atomic mass is 9.92. The molecule has 1 aromatic heterocycles. The summed E-state index contributed by atoms with van der Waals surface area (Å²) < 4.78 is 2.07. The second-order valence-electron chi connectivity index (χ2n) is 4.45. The second kappa shape index (κ2) is 6.77. The quantitative estimate of drug-likeness (QED) is 0.566. The van der Waals surface area contributed by atoms with Gasteiger partial charge in [0.25, 0.3) is 0 Å². The van der Waals surface area contributed by atoms with Crippen molar-refractivity contribution >= 4 is 0 Å². The van der Waals surface area contributed by atoms with Gasteiger partial charge in [-0.3, -0.25) is 16.0 Å². The lowest BCUT2D eigenvalue weighted by Gasteiger charge is -2.25. The largest absolute Gasteiger partial charge is 0.271 e. The molecule has 0 aliphatic rings. The number of nitrogens with one attached hydrogen (secondary N) is 1. The molecular weight excluding hydrogens is 212 g/mol. The highest BCUT2D eigenvalue weighted by Crippen LogP contribution is 2.27. The Bertz CT molecular complexity index is 328. The van der Waals surface area contributed by atoms with Crippen LogP contribution >= 0.6 is 0 Å². The summed E-state index contributed by atoms with van der Waals surface area (Å²) >= 11 is 0. The van der Waals surface area contributed by atoms with Crippen LogP contribution in [0.5, 0.6) is 0 Å². The molecular formula is C13H26N4. The summed E-state index contributed by atoms with van der Waals surface area (Å²) in [6.07, 6.45) is 3.23. The number of hydrazine groups is 1. The molecule has 0 aliphatic carbocycles. The van der Waals surface area contributed by atoms with Gasteiger partial charge in [-0.05, 0) is 25.3 Å². The monoisotopic (exact) mass is 238 g/mol. The summed E-state index contributed by atoms with van der Waals surface area (Å²) in [5.74, 6) is 6.30. The van der Waals surface area contributed by atoms with Crippen LogP contribution in [0.4, 0.5) is 0 Å². The standard InChI is InChI=1S/C13H26N4/c1-5-10(6-2)13(15-14)12-9-11(7-3)16-17(12)8-4/h9-10,13,15H,5-8,14H2,1-4H3. The van der Waals surface area contributed by atoms with Crippen molar-refractivity contribution in [2.75, 3.05) is 0 Å². The molecule has 0 radical (unpaired) electrons. The van der Waals surface area contributed by atoms with E-state index in [4.69, 9.17) is 5.84 Å². The fraction of sp³-hybridized carbons (Fsp3) is 0.769. The molecule has 1 rings (SSSR count). The fourth-order valence-corrected chi connectivity index (χ4v) is 2.39. The highest BCUT2D eigenvalue weighted by atomic mass is 15.3. The van der Waals surface area contributed by atoms with Gasteiger partial charge in [-0.2, -0.15) is 5.10 Å². The minimum atomic E-state index is 0.206. The first-order valence-corrected chi connectivity index (χ1v) is 6.74. The number of rotatable bonds is 7. The van der Waals surface area contributed by atoms with Gasteiger partial charge in [0, 0.05) is 6.54 Å². The maximum Gasteiger partial charge on any atom is 0.0657 e. The Morgan fingerprint density at radius 2 is 1.94 bits per heavy atom. The van der Waals surface area contributed by atoms with E-state index in [9.17, 15) is 0 Å². The fourth-order valence-electron chi connectivity index (χ4n) is 2.39. The molecule has 0 saturated heterocycles. The Labute approximate surface area is 105 Å². The summed E-state index contributed by atoms with van der Waals surface area (Å²) in [7, 11) is 0. The summed E-state index contributed by atoms with van der Waals surface area (Å²) in [6.45, 7) is 9.58. The van der Waals surface area contributed by atoms with E-state index in [2.05, 4.69) is 49.0 Å². The van der Waals surface area contributed by atoms with E-state index in [0.717, 1.165) is 31.5 Å². The average molecular weight is 238 g/mol. The number of hydrogen-bond acceptors (Lipinski definition) is 3. The normalized spacial score (nSPS) is 13.3. The number of aromatic nitrogens is 2. The highest BCUT2D eigenvalue weighted by Gasteiger charge is 2.23. The van der Waals surface area contributed by atoms with Crippen molar-refractivity contribution < 1.29 is 0 Å². The molecule has 98 valence electrons. The minimum absolute atomic E-state index is 0.206. The van der Waals surface area contributed by atoms with Crippen molar-refractivity contribution in [2.45, 2.75) is 59.5 Å². The first-order valence-electron chi connectivity index (χ1n) is 6.74. The molecule has 0 saturated carbocycles. The van der Waals surface area contributed by atoms with Crippen LogP contribution in [0.1, 0.15) is 58.0 Å². The van der Waals surface area contributed by atoms with Gasteiger partial charge in [-0.25, -0.2) is 0 Å². The Balaban J connectivity index is 3.04. The van der Waals surface area contributed by atoms with Gasteiger partial charge in [-0.1, -0.05) is 33.6 Å². The third-order valence-electron chi connectivity index (χ3n) is 3.54. The molecule has 17 heavy (non-hydrogen) atoms. The van der Waals surface area contributed by atoms with Crippen LogP contribution in [0, 0.1) is 5.92 Å². The predicted octanol–water partition coefficient (Wildman–Crippen LogP) is 2.41. The zero-order valence-corrected chi connectivity index (χ0v) is 11.5. The molecule has 0 aromatic carbocycles. The average Bonchev–Trinajstić information content (AvgIpc) is 2.78. The lowest BCUT2D eigenvalue weighted by Crippen LogP contribution is -2.34. The van der Waals surface area contributed by atoms with Gasteiger partial charge < -0.3 is 0 Å². The van der Waals surface area contributed by atoms with Crippen LogP contribution in [0.25, 0.3) is 0 Å². The summed E-state index contributed by atoms with van der Waals surface area (Å²) in [4.78, 5) is 0. The molecule has 0 fully saturated rings. The smallest absolute Gasteiger partial charge is 0.0657 e. The van der Waals surface area contributed by atoms with Crippen molar-refractivity contribution in [3.05, 3.63) is 17.5 Å². The maximum absolute atomic E-state index is 5.74. The molecule has 1 unspecified atom stereocenters. The van der Waals surface area contributed by atoms with Gasteiger partial charge >= 0.3 is 0 Å². The van der Waals surface area contributed by atoms with E-state index in [1.54, 1.807) is 0 Å². The molecule has 4 nitrogen and oxygen atoms in total. The number of nitrogens with zero attached hydrogens (tertiary/aromatic N) is 2. The first-order chi connectivity index (χ1) is 8.21. The Morgan fingerprint density at radius 3 is 2.35 bits per heavy atom. The van der Waals surface area contributed by atoms with Crippen LogP contribution in [0.3, 0.4) is 0 Å². The van der Waals surface area contributed by atoms with Crippen molar-refractivity contribution in [3.63, 3.8) is 0 Å². The molecule has 3 N–H and O–H groups in total. The van der Waals surface area contributed by atoms with E-state index < -0.39 is 0 Å².